The quantitative estimate of drug-likeness (QED) is 0.791. The first-order chi connectivity index (χ1) is 11.2. The Hall–Kier alpha value is -2.14. The summed E-state index contributed by atoms with van der Waals surface area (Å²) in [5, 5.41) is 2.93. The second-order valence-electron chi connectivity index (χ2n) is 4.99. The molecule has 0 radical (unpaired) electrons. The first kappa shape index (κ1) is 17.2. The maximum atomic E-state index is 12.1. The smallest absolute Gasteiger partial charge is 0.224 e. The molecule has 23 heavy (non-hydrogen) atoms. The second-order valence-corrected chi connectivity index (χ2v) is 5.87. The monoisotopic (exact) mass is 331 g/mol. The number of carbonyl (C=O) groups is 1. The van der Waals surface area contributed by atoms with E-state index in [-0.39, 0.29) is 5.91 Å². The van der Waals surface area contributed by atoms with Gasteiger partial charge in [0.2, 0.25) is 5.91 Å². The van der Waals surface area contributed by atoms with Gasteiger partial charge in [-0.15, -0.1) is 11.8 Å². The lowest BCUT2D eigenvalue weighted by Gasteiger charge is -2.10. The van der Waals surface area contributed by atoms with E-state index in [2.05, 4.69) is 17.4 Å². The van der Waals surface area contributed by atoms with E-state index >= 15 is 0 Å². The number of methoxy groups -OCH3 is 2. The summed E-state index contributed by atoms with van der Waals surface area (Å²) in [6, 6.07) is 13.7. The Kier molecular flexibility index (Phi) is 6.35. The number of ether oxygens (including phenoxy) is 2. The molecule has 0 aromatic heterocycles. The Balaban J connectivity index is 1.91. The van der Waals surface area contributed by atoms with Crippen molar-refractivity contribution >= 4 is 17.7 Å². The molecule has 0 bridgehead atoms. The van der Waals surface area contributed by atoms with E-state index in [1.54, 1.807) is 26.0 Å². The zero-order valence-electron chi connectivity index (χ0n) is 13.6. The third kappa shape index (κ3) is 4.93. The highest BCUT2D eigenvalue weighted by atomic mass is 32.2. The molecule has 0 unspecified atom stereocenters. The predicted octanol–water partition coefficient (Wildman–Crippen LogP) is 3.28. The van der Waals surface area contributed by atoms with Gasteiger partial charge in [-0.1, -0.05) is 18.2 Å². The van der Waals surface area contributed by atoms with Crippen LogP contribution in [0.15, 0.2) is 47.4 Å². The highest BCUT2D eigenvalue weighted by Gasteiger charge is 2.08. The molecule has 0 fully saturated rings. The lowest BCUT2D eigenvalue weighted by Crippen LogP contribution is -2.24. The number of benzene rings is 2. The minimum atomic E-state index is -0.0221. The number of hydrogen-bond donors (Lipinski definition) is 1. The van der Waals surface area contributed by atoms with Crippen LogP contribution in [0.25, 0.3) is 0 Å². The highest BCUT2D eigenvalue weighted by molar-refractivity contribution is 7.98. The first-order valence-electron chi connectivity index (χ1n) is 7.26. The lowest BCUT2D eigenvalue weighted by atomic mass is 10.1. The number of amides is 1. The fourth-order valence-corrected chi connectivity index (χ4v) is 2.59. The van der Waals surface area contributed by atoms with Crippen LogP contribution in [0.3, 0.4) is 0 Å². The summed E-state index contributed by atoms with van der Waals surface area (Å²) >= 11 is 1.70. The normalized spacial score (nSPS) is 10.2. The van der Waals surface area contributed by atoms with E-state index in [1.165, 1.54) is 4.90 Å². The van der Waals surface area contributed by atoms with E-state index in [4.69, 9.17) is 9.47 Å². The van der Waals surface area contributed by atoms with Crippen molar-refractivity contribution in [1.82, 2.24) is 5.32 Å². The largest absolute Gasteiger partial charge is 0.493 e. The molecule has 2 aromatic rings. The van der Waals surface area contributed by atoms with Gasteiger partial charge in [0.25, 0.3) is 0 Å². The molecule has 0 heterocycles. The molecule has 2 aromatic carbocycles. The van der Waals surface area contributed by atoms with E-state index in [0.29, 0.717) is 24.5 Å². The van der Waals surface area contributed by atoms with Crippen molar-refractivity contribution in [2.75, 3.05) is 20.5 Å². The summed E-state index contributed by atoms with van der Waals surface area (Å²) in [6.07, 6.45) is 2.35. The summed E-state index contributed by atoms with van der Waals surface area (Å²) in [7, 11) is 3.17. The van der Waals surface area contributed by atoms with Crippen molar-refractivity contribution in [3.63, 3.8) is 0 Å². The SMILES string of the molecule is COc1ccc(CC(=O)NCc2ccc(SC)cc2)cc1OC. The molecule has 0 aliphatic rings. The molecule has 2 rings (SSSR count). The number of rotatable bonds is 7. The van der Waals surface area contributed by atoms with Gasteiger partial charge in [-0.25, -0.2) is 0 Å². The van der Waals surface area contributed by atoms with Crippen LogP contribution in [-0.2, 0) is 17.8 Å². The average molecular weight is 331 g/mol. The van der Waals surface area contributed by atoms with Crippen molar-refractivity contribution in [2.45, 2.75) is 17.9 Å². The molecule has 0 spiro atoms. The molecule has 122 valence electrons. The summed E-state index contributed by atoms with van der Waals surface area (Å²) < 4.78 is 10.4. The number of carbonyl (C=O) groups excluding carboxylic acids is 1. The van der Waals surface area contributed by atoms with Crippen molar-refractivity contribution in [2.24, 2.45) is 0 Å². The number of hydrogen-bond acceptors (Lipinski definition) is 4. The average Bonchev–Trinajstić information content (AvgIpc) is 2.60. The third-order valence-corrected chi connectivity index (χ3v) is 4.20. The highest BCUT2D eigenvalue weighted by Crippen LogP contribution is 2.27. The molecule has 1 amide bonds. The molecule has 0 aliphatic carbocycles. The van der Waals surface area contributed by atoms with Crippen LogP contribution >= 0.6 is 11.8 Å². The van der Waals surface area contributed by atoms with Crippen molar-refractivity contribution in [3.8, 4) is 11.5 Å². The lowest BCUT2D eigenvalue weighted by molar-refractivity contribution is -0.120. The number of thioether (sulfide) groups is 1. The molecule has 5 heteroatoms. The van der Waals surface area contributed by atoms with Gasteiger partial charge in [0.1, 0.15) is 0 Å². The Morgan fingerprint density at radius 1 is 1.00 bits per heavy atom. The minimum absolute atomic E-state index is 0.0221. The minimum Gasteiger partial charge on any atom is -0.493 e. The van der Waals surface area contributed by atoms with Gasteiger partial charge in [0, 0.05) is 11.4 Å². The number of nitrogens with one attached hydrogen (secondary N) is 1. The maximum Gasteiger partial charge on any atom is 0.224 e. The molecule has 0 saturated heterocycles. The summed E-state index contributed by atoms with van der Waals surface area (Å²) in [6.45, 7) is 0.529. The van der Waals surface area contributed by atoms with Gasteiger partial charge in [0.15, 0.2) is 11.5 Å². The van der Waals surface area contributed by atoms with E-state index in [1.807, 2.05) is 36.6 Å². The van der Waals surface area contributed by atoms with Crippen LogP contribution < -0.4 is 14.8 Å². The van der Waals surface area contributed by atoms with E-state index < -0.39 is 0 Å². The van der Waals surface area contributed by atoms with Crippen LogP contribution in [0, 0.1) is 0 Å². The summed E-state index contributed by atoms with van der Waals surface area (Å²) in [5.74, 6) is 1.27. The molecular formula is C18H21NO3S. The molecule has 0 atom stereocenters. The Morgan fingerprint density at radius 3 is 2.26 bits per heavy atom. The molecule has 0 saturated carbocycles. The molecular weight excluding hydrogens is 310 g/mol. The second kappa shape index (κ2) is 8.48. The van der Waals surface area contributed by atoms with E-state index in [0.717, 1.165) is 11.1 Å². The zero-order chi connectivity index (χ0) is 16.7. The molecule has 4 nitrogen and oxygen atoms in total. The van der Waals surface area contributed by atoms with Gasteiger partial charge in [0.05, 0.1) is 20.6 Å². The van der Waals surface area contributed by atoms with Crippen molar-refractivity contribution in [1.29, 1.82) is 0 Å². The van der Waals surface area contributed by atoms with Gasteiger partial charge in [-0.2, -0.15) is 0 Å². The molecule has 1 N–H and O–H groups in total. The Bertz CT molecular complexity index is 656. The van der Waals surface area contributed by atoms with Crippen LogP contribution in [0.2, 0.25) is 0 Å². The van der Waals surface area contributed by atoms with Crippen molar-refractivity contribution < 1.29 is 14.3 Å². The summed E-state index contributed by atoms with van der Waals surface area (Å²) in [4.78, 5) is 13.3. The van der Waals surface area contributed by atoms with Crippen LogP contribution in [0.4, 0.5) is 0 Å². The maximum absolute atomic E-state index is 12.1. The zero-order valence-corrected chi connectivity index (χ0v) is 14.4. The van der Waals surface area contributed by atoms with Gasteiger partial charge >= 0.3 is 0 Å². The van der Waals surface area contributed by atoms with Gasteiger partial charge < -0.3 is 14.8 Å². The summed E-state index contributed by atoms with van der Waals surface area (Å²) in [5.41, 5.74) is 1.97. The van der Waals surface area contributed by atoms with E-state index in [9.17, 15) is 4.79 Å². The fourth-order valence-electron chi connectivity index (χ4n) is 2.18. The van der Waals surface area contributed by atoms with Crippen LogP contribution in [0.1, 0.15) is 11.1 Å². The third-order valence-electron chi connectivity index (χ3n) is 3.46. The van der Waals surface area contributed by atoms with Crippen molar-refractivity contribution in [3.05, 3.63) is 53.6 Å². The van der Waals surface area contributed by atoms with Crippen LogP contribution in [0.5, 0.6) is 11.5 Å². The fraction of sp³-hybridized carbons (Fsp3) is 0.278. The predicted molar refractivity (Wildman–Crippen MR) is 93.3 cm³/mol. The standard InChI is InChI=1S/C18H21NO3S/c1-21-16-9-6-14(10-17(16)22-2)11-18(20)19-12-13-4-7-15(23-3)8-5-13/h4-10H,11-12H2,1-3H3,(H,19,20). The Labute approximate surface area is 141 Å². The Morgan fingerprint density at radius 2 is 1.65 bits per heavy atom. The first-order valence-corrected chi connectivity index (χ1v) is 8.49. The van der Waals surface area contributed by atoms with Gasteiger partial charge in [-0.05, 0) is 41.6 Å². The topological polar surface area (TPSA) is 47.6 Å². The van der Waals surface area contributed by atoms with Crippen LogP contribution in [-0.4, -0.2) is 26.4 Å². The van der Waals surface area contributed by atoms with Gasteiger partial charge in [-0.3, -0.25) is 4.79 Å². The molecule has 0 aliphatic heterocycles.